The molecule has 1 amide bonds. The molecule has 0 bridgehead atoms. The first-order valence-corrected chi connectivity index (χ1v) is 3.68. The van der Waals surface area contributed by atoms with Crippen molar-refractivity contribution in [1.29, 1.82) is 0 Å². The van der Waals surface area contributed by atoms with Crippen LogP contribution in [0.15, 0.2) is 22.8 Å². The highest BCUT2D eigenvalue weighted by Crippen LogP contribution is 2.00. The fourth-order valence-corrected chi connectivity index (χ4v) is 0.576. The maximum Gasteiger partial charge on any atom is 0.246 e. The maximum absolute atomic E-state index is 10.9. The quantitative estimate of drug-likeness (QED) is 0.501. The molecule has 0 radical (unpaired) electrons. The van der Waals surface area contributed by atoms with Gasteiger partial charge >= 0.3 is 0 Å². The molecule has 0 aromatic heterocycles. The molecule has 62 valence electrons. The van der Waals surface area contributed by atoms with Gasteiger partial charge in [-0.05, 0) is 19.9 Å². The summed E-state index contributed by atoms with van der Waals surface area (Å²) in [5, 5.41) is 3.17. The van der Waals surface area contributed by atoms with Gasteiger partial charge < -0.3 is 5.32 Å². The van der Waals surface area contributed by atoms with E-state index in [1.165, 1.54) is 0 Å². The van der Waals surface area contributed by atoms with Crippen LogP contribution in [-0.2, 0) is 4.79 Å². The molecule has 11 heavy (non-hydrogen) atoms. The molecule has 1 N–H and O–H groups in total. The highest BCUT2D eigenvalue weighted by molar-refractivity contribution is 6.29. The molecular weight excluding hydrogens is 162 g/mol. The fraction of sp³-hybridized carbons (Fsp3) is 0.375. The molecule has 0 aliphatic carbocycles. The topological polar surface area (TPSA) is 29.1 Å². The van der Waals surface area contributed by atoms with Crippen LogP contribution < -0.4 is 5.32 Å². The first-order valence-electron chi connectivity index (χ1n) is 3.30. The van der Waals surface area contributed by atoms with E-state index in [9.17, 15) is 4.79 Å². The summed E-state index contributed by atoms with van der Waals surface area (Å²) in [5.74, 6) is -0.0841. The van der Waals surface area contributed by atoms with Crippen molar-refractivity contribution < 1.29 is 4.79 Å². The third-order valence-corrected chi connectivity index (χ3v) is 1.27. The Morgan fingerprint density at radius 2 is 1.91 bits per heavy atom. The molecule has 0 aliphatic heterocycles. The summed E-state index contributed by atoms with van der Waals surface area (Å²) < 4.78 is 0. The number of carbonyl (C=O) groups is 1. The van der Waals surface area contributed by atoms with Gasteiger partial charge in [0.25, 0.3) is 0 Å². The Bertz CT molecular complexity index is 202. The Labute approximate surface area is 71.9 Å². The normalized spacial score (nSPS) is 13.1. The lowest BCUT2D eigenvalue weighted by Gasteiger charge is -1.95. The summed E-state index contributed by atoms with van der Waals surface area (Å²) in [7, 11) is 1.59. The molecule has 0 aromatic carbocycles. The molecule has 0 saturated carbocycles. The van der Waals surface area contributed by atoms with Crippen LogP contribution in [0, 0.1) is 0 Å². The van der Waals surface area contributed by atoms with Gasteiger partial charge in [-0.3, -0.25) is 4.79 Å². The average Bonchev–Trinajstić information content (AvgIpc) is 1.98. The largest absolute Gasteiger partial charge is 0.355 e. The Morgan fingerprint density at radius 3 is 2.27 bits per heavy atom. The molecule has 0 aromatic rings. The lowest BCUT2D eigenvalue weighted by molar-refractivity contribution is -0.116. The smallest absolute Gasteiger partial charge is 0.246 e. The van der Waals surface area contributed by atoms with Gasteiger partial charge in [-0.1, -0.05) is 17.7 Å². The first-order chi connectivity index (χ1) is 5.07. The maximum atomic E-state index is 10.9. The van der Waals surface area contributed by atoms with E-state index < -0.39 is 0 Å². The minimum atomic E-state index is -0.0841. The van der Waals surface area contributed by atoms with Crippen molar-refractivity contribution in [1.82, 2.24) is 5.32 Å². The second-order valence-corrected chi connectivity index (χ2v) is 2.78. The molecule has 2 nitrogen and oxygen atoms in total. The Morgan fingerprint density at radius 1 is 1.36 bits per heavy atom. The Kier molecular flexibility index (Phi) is 4.62. The zero-order valence-electron chi connectivity index (χ0n) is 6.94. The van der Waals surface area contributed by atoms with Gasteiger partial charge in [0.15, 0.2) is 0 Å². The van der Waals surface area contributed by atoms with Gasteiger partial charge in [0.2, 0.25) is 5.91 Å². The van der Waals surface area contributed by atoms with Crippen molar-refractivity contribution in [3.05, 3.63) is 22.8 Å². The number of carbonyl (C=O) groups excluding carboxylic acids is 1. The summed E-state index contributed by atoms with van der Waals surface area (Å²) in [4.78, 5) is 10.9. The number of halogens is 1. The van der Waals surface area contributed by atoms with Crippen molar-refractivity contribution in [3.63, 3.8) is 0 Å². The molecule has 0 unspecified atom stereocenters. The van der Waals surface area contributed by atoms with Gasteiger partial charge in [0.1, 0.15) is 0 Å². The van der Waals surface area contributed by atoms with Crippen LogP contribution in [0.1, 0.15) is 13.8 Å². The van der Waals surface area contributed by atoms with E-state index >= 15 is 0 Å². The Balaban J connectivity index is 4.23. The third-order valence-electron chi connectivity index (χ3n) is 1.15. The van der Waals surface area contributed by atoms with E-state index in [0.717, 1.165) is 0 Å². The zero-order chi connectivity index (χ0) is 8.85. The number of hydrogen-bond acceptors (Lipinski definition) is 1. The monoisotopic (exact) mass is 173 g/mol. The molecule has 0 spiro atoms. The molecule has 0 saturated heterocycles. The van der Waals surface area contributed by atoms with Crippen molar-refractivity contribution in [2.45, 2.75) is 13.8 Å². The molecule has 3 heteroatoms. The number of hydrogen-bond donors (Lipinski definition) is 1. The summed E-state index contributed by atoms with van der Waals surface area (Å²) in [6.07, 6.45) is 3.37. The van der Waals surface area contributed by atoms with Crippen molar-refractivity contribution in [3.8, 4) is 0 Å². The van der Waals surface area contributed by atoms with Crippen molar-refractivity contribution in [2.75, 3.05) is 7.05 Å². The van der Waals surface area contributed by atoms with E-state index in [1.54, 1.807) is 33.0 Å². The number of amides is 1. The summed E-state index contributed by atoms with van der Waals surface area (Å²) in [6, 6.07) is 0. The highest BCUT2D eigenvalue weighted by Gasteiger charge is 1.96. The Hall–Kier alpha value is -0.760. The molecule has 0 rings (SSSR count). The SMILES string of the molecule is CNC(=O)/C(C)=C/C=C(\C)Cl. The van der Waals surface area contributed by atoms with Crippen LogP contribution in [0.3, 0.4) is 0 Å². The summed E-state index contributed by atoms with van der Waals surface area (Å²) in [5.41, 5.74) is 0.646. The van der Waals surface area contributed by atoms with Crippen LogP contribution in [0.5, 0.6) is 0 Å². The van der Waals surface area contributed by atoms with E-state index in [2.05, 4.69) is 5.32 Å². The van der Waals surface area contributed by atoms with E-state index in [1.807, 2.05) is 0 Å². The fourth-order valence-electron chi connectivity index (χ4n) is 0.513. The predicted molar refractivity (Wildman–Crippen MR) is 47.4 cm³/mol. The van der Waals surface area contributed by atoms with E-state index in [-0.39, 0.29) is 5.91 Å². The van der Waals surface area contributed by atoms with Gasteiger partial charge in [-0.2, -0.15) is 0 Å². The molecule has 0 heterocycles. The zero-order valence-corrected chi connectivity index (χ0v) is 7.70. The van der Waals surface area contributed by atoms with Crippen LogP contribution in [-0.4, -0.2) is 13.0 Å². The molecule has 0 aliphatic rings. The predicted octanol–water partition coefficient (Wildman–Crippen LogP) is 1.82. The molecule has 0 atom stereocenters. The minimum Gasteiger partial charge on any atom is -0.355 e. The van der Waals surface area contributed by atoms with Crippen molar-refractivity contribution in [2.24, 2.45) is 0 Å². The van der Waals surface area contributed by atoms with Crippen LogP contribution >= 0.6 is 11.6 Å². The lowest BCUT2D eigenvalue weighted by Crippen LogP contribution is -2.18. The average molecular weight is 174 g/mol. The minimum absolute atomic E-state index is 0.0841. The highest BCUT2D eigenvalue weighted by atomic mass is 35.5. The van der Waals surface area contributed by atoms with Crippen LogP contribution in [0.2, 0.25) is 0 Å². The molecular formula is C8H12ClNO. The van der Waals surface area contributed by atoms with E-state index in [0.29, 0.717) is 10.6 Å². The number of likely N-dealkylation sites (N-methyl/N-ethyl adjacent to an activating group) is 1. The second-order valence-electron chi connectivity index (χ2n) is 2.18. The van der Waals surface area contributed by atoms with Gasteiger partial charge in [0, 0.05) is 17.7 Å². The summed E-state index contributed by atoms with van der Waals surface area (Å²) in [6.45, 7) is 3.49. The van der Waals surface area contributed by atoms with Gasteiger partial charge in [-0.15, -0.1) is 0 Å². The van der Waals surface area contributed by atoms with Gasteiger partial charge in [-0.25, -0.2) is 0 Å². The van der Waals surface area contributed by atoms with Gasteiger partial charge in [0.05, 0.1) is 0 Å². The molecule has 0 fully saturated rings. The first kappa shape index (κ1) is 10.2. The second kappa shape index (κ2) is 4.97. The number of rotatable bonds is 2. The number of nitrogens with one attached hydrogen (secondary N) is 1. The van der Waals surface area contributed by atoms with Crippen LogP contribution in [0.4, 0.5) is 0 Å². The van der Waals surface area contributed by atoms with E-state index in [4.69, 9.17) is 11.6 Å². The third kappa shape index (κ3) is 4.62. The number of allylic oxidation sites excluding steroid dienone is 3. The van der Waals surface area contributed by atoms with Crippen molar-refractivity contribution >= 4 is 17.5 Å². The standard InChI is InChI=1S/C8H12ClNO/c1-6(8(11)10-3)4-5-7(2)9/h4-5H,1-3H3,(H,10,11)/b6-4+,7-5+. The van der Waals surface area contributed by atoms with Crippen LogP contribution in [0.25, 0.3) is 0 Å². The summed E-state index contributed by atoms with van der Waals surface area (Å²) >= 11 is 5.55. The lowest BCUT2D eigenvalue weighted by atomic mass is 10.2.